The van der Waals surface area contributed by atoms with Crippen molar-refractivity contribution >= 4 is 28.3 Å². The summed E-state index contributed by atoms with van der Waals surface area (Å²) in [5.74, 6) is -0.0694. The lowest BCUT2D eigenvalue weighted by Gasteiger charge is -2.16. The Morgan fingerprint density at radius 3 is 2.42 bits per heavy atom. The molecule has 3 rings (SSSR count). The summed E-state index contributed by atoms with van der Waals surface area (Å²) in [5.41, 5.74) is 1.31. The summed E-state index contributed by atoms with van der Waals surface area (Å²) in [5, 5.41) is 11.0. The first-order valence-corrected chi connectivity index (χ1v) is 7.48. The molecule has 0 radical (unpaired) electrons. The lowest BCUT2D eigenvalue weighted by atomic mass is 9.97. The molecule has 0 bridgehead atoms. The zero-order chi connectivity index (χ0) is 17.3. The van der Waals surface area contributed by atoms with Crippen LogP contribution in [-0.4, -0.2) is 30.3 Å². The Kier molecular flexibility index (Phi) is 4.27. The molecular weight excluding hydrogens is 330 g/mol. The van der Waals surface area contributed by atoms with E-state index in [-0.39, 0.29) is 5.69 Å². The average Bonchev–Trinajstić information content (AvgIpc) is 2.60. The summed E-state index contributed by atoms with van der Waals surface area (Å²) in [4.78, 5) is 15.5. The zero-order valence-electron chi connectivity index (χ0n) is 13.0. The van der Waals surface area contributed by atoms with Crippen LogP contribution in [0, 0.1) is 0 Å². The molecule has 24 heavy (non-hydrogen) atoms. The van der Waals surface area contributed by atoms with Gasteiger partial charge in [0.05, 0.1) is 24.8 Å². The van der Waals surface area contributed by atoms with Crippen LogP contribution in [0.3, 0.4) is 0 Å². The van der Waals surface area contributed by atoms with E-state index in [9.17, 15) is 9.90 Å². The molecule has 0 aliphatic rings. The number of halogens is 1. The molecule has 1 N–H and O–H groups in total. The maximum Gasteiger partial charge on any atom is 0.355 e. The number of carboxylic acids is 1. The fourth-order valence-electron chi connectivity index (χ4n) is 2.73. The number of benzene rings is 2. The minimum Gasteiger partial charge on any atom is -0.496 e. The molecule has 0 unspecified atom stereocenters. The number of ether oxygens (including phenoxy) is 2. The first-order chi connectivity index (χ1) is 11.6. The van der Waals surface area contributed by atoms with E-state index in [4.69, 9.17) is 21.1 Å². The third kappa shape index (κ3) is 2.53. The number of carboxylic acid groups (broad SMARTS) is 1. The molecule has 6 heteroatoms. The van der Waals surface area contributed by atoms with Crippen molar-refractivity contribution in [2.45, 2.75) is 0 Å². The second kappa shape index (κ2) is 6.37. The van der Waals surface area contributed by atoms with Crippen LogP contribution in [0.4, 0.5) is 0 Å². The van der Waals surface area contributed by atoms with Gasteiger partial charge in [0.1, 0.15) is 11.5 Å². The van der Waals surface area contributed by atoms with Gasteiger partial charge in [-0.2, -0.15) is 0 Å². The number of fused-ring (bicyclic) bond motifs is 1. The van der Waals surface area contributed by atoms with E-state index >= 15 is 0 Å². The fourth-order valence-corrected chi connectivity index (χ4v) is 2.96. The Morgan fingerprint density at radius 2 is 1.79 bits per heavy atom. The number of pyridine rings is 1. The van der Waals surface area contributed by atoms with E-state index in [1.54, 1.807) is 31.4 Å². The van der Waals surface area contributed by atoms with Crippen LogP contribution in [0.15, 0.2) is 42.6 Å². The lowest BCUT2D eigenvalue weighted by molar-refractivity contribution is 0.0693. The fraction of sp³-hybridized carbons (Fsp3) is 0.111. The Balaban J connectivity index is 2.42. The van der Waals surface area contributed by atoms with Crippen LogP contribution in [0.1, 0.15) is 10.5 Å². The SMILES string of the molecule is COc1ccc(Cl)c(OC)c1-c1cnc(C(=O)O)c2ccccc12. The predicted octanol–water partition coefficient (Wildman–Crippen LogP) is 4.27. The number of aromatic carboxylic acids is 1. The van der Waals surface area contributed by atoms with Crippen molar-refractivity contribution in [2.75, 3.05) is 14.2 Å². The molecule has 0 spiro atoms. The molecule has 0 fully saturated rings. The largest absolute Gasteiger partial charge is 0.496 e. The van der Waals surface area contributed by atoms with Crippen LogP contribution in [0.25, 0.3) is 21.9 Å². The normalized spacial score (nSPS) is 10.6. The van der Waals surface area contributed by atoms with E-state index in [1.807, 2.05) is 12.1 Å². The quantitative estimate of drug-likeness (QED) is 0.766. The van der Waals surface area contributed by atoms with Crippen molar-refractivity contribution in [3.8, 4) is 22.6 Å². The molecule has 0 saturated heterocycles. The monoisotopic (exact) mass is 343 g/mol. The highest BCUT2D eigenvalue weighted by Crippen LogP contribution is 2.45. The molecule has 5 nitrogen and oxygen atoms in total. The molecule has 0 saturated carbocycles. The van der Waals surface area contributed by atoms with Crippen molar-refractivity contribution in [1.82, 2.24) is 4.98 Å². The van der Waals surface area contributed by atoms with Crippen LogP contribution in [-0.2, 0) is 0 Å². The standard InChI is InChI=1S/C18H14ClNO4/c1-23-14-8-7-13(19)17(24-2)15(14)12-9-20-16(18(21)22)11-6-4-3-5-10(11)12/h3-9H,1-2H3,(H,21,22). The number of carbonyl (C=O) groups is 1. The van der Waals surface area contributed by atoms with Gasteiger partial charge in [-0.3, -0.25) is 0 Å². The highest BCUT2D eigenvalue weighted by molar-refractivity contribution is 6.32. The maximum absolute atomic E-state index is 11.4. The van der Waals surface area contributed by atoms with Gasteiger partial charge in [-0.15, -0.1) is 0 Å². The van der Waals surface area contributed by atoms with Crippen LogP contribution in [0.5, 0.6) is 11.5 Å². The molecule has 0 aliphatic carbocycles. The highest BCUT2D eigenvalue weighted by atomic mass is 35.5. The Hall–Kier alpha value is -2.79. The van der Waals surface area contributed by atoms with Crippen LogP contribution < -0.4 is 9.47 Å². The second-order valence-electron chi connectivity index (χ2n) is 5.03. The molecule has 0 amide bonds. The van der Waals surface area contributed by atoms with Gasteiger partial charge >= 0.3 is 5.97 Å². The zero-order valence-corrected chi connectivity index (χ0v) is 13.8. The molecule has 0 aliphatic heterocycles. The summed E-state index contributed by atoms with van der Waals surface area (Å²) in [6, 6.07) is 10.6. The number of aromatic nitrogens is 1. The minimum atomic E-state index is -1.08. The predicted molar refractivity (Wildman–Crippen MR) is 92.3 cm³/mol. The number of rotatable bonds is 4. The van der Waals surface area contributed by atoms with Crippen molar-refractivity contribution in [1.29, 1.82) is 0 Å². The summed E-state index contributed by atoms with van der Waals surface area (Å²) < 4.78 is 10.9. The van der Waals surface area contributed by atoms with E-state index in [2.05, 4.69) is 4.98 Å². The Bertz CT molecular complexity index is 940. The average molecular weight is 344 g/mol. The van der Waals surface area contributed by atoms with Crippen molar-refractivity contribution in [3.63, 3.8) is 0 Å². The van der Waals surface area contributed by atoms with Crippen molar-refractivity contribution in [3.05, 3.63) is 53.3 Å². The van der Waals surface area contributed by atoms with E-state index in [1.165, 1.54) is 13.3 Å². The van der Waals surface area contributed by atoms with Gasteiger partial charge in [-0.25, -0.2) is 9.78 Å². The summed E-state index contributed by atoms with van der Waals surface area (Å²) in [6.45, 7) is 0. The number of hydrogen-bond acceptors (Lipinski definition) is 4. The van der Waals surface area contributed by atoms with Crippen molar-refractivity contribution in [2.24, 2.45) is 0 Å². The molecular formula is C18H14ClNO4. The van der Waals surface area contributed by atoms with Crippen LogP contribution >= 0.6 is 11.6 Å². The summed E-state index contributed by atoms with van der Waals surface area (Å²) in [7, 11) is 3.07. The third-order valence-electron chi connectivity index (χ3n) is 3.76. The van der Waals surface area contributed by atoms with Gasteiger partial charge in [0.2, 0.25) is 0 Å². The second-order valence-corrected chi connectivity index (χ2v) is 5.44. The van der Waals surface area contributed by atoms with Gasteiger partial charge in [0.15, 0.2) is 5.69 Å². The van der Waals surface area contributed by atoms with Gasteiger partial charge in [0, 0.05) is 17.1 Å². The van der Waals surface area contributed by atoms with Gasteiger partial charge < -0.3 is 14.6 Å². The first-order valence-electron chi connectivity index (χ1n) is 7.10. The van der Waals surface area contributed by atoms with Gasteiger partial charge in [-0.05, 0) is 17.5 Å². The minimum absolute atomic E-state index is 0.00527. The van der Waals surface area contributed by atoms with Gasteiger partial charge in [-0.1, -0.05) is 35.9 Å². The lowest BCUT2D eigenvalue weighted by Crippen LogP contribution is -2.03. The molecule has 0 atom stereocenters. The highest BCUT2D eigenvalue weighted by Gasteiger charge is 2.20. The Morgan fingerprint density at radius 1 is 1.08 bits per heavy atom. The van der Waals surface area contributed by atoms with Crippen LogP contribution in [0.2, 0.25) is 5.02 Å². The number of nitrogens with zero attached hydrogens (tertiary/aromatic N) is 1. The van der Waals surface area contributed by atoms with E-state index in [0.29, 0.717) is 33.0 Å². The third-order valence-corrected chi connectivity index (χ3v) is 4.06. The molecule has 3 aromatic rings. The number of hydrogen-bond donors (Lipinski definition) is 1. The maximum atomic E-state index is 11.4. The molecule has 1 aromatic heterocycles. The summed E-state index contributed by atoms with van der Waals surface area (Å²) >= 11 is 6.25. The van der Waals surface area contributed by atoms with Crippen molar-refractivity contribution < 1.29 is 19.4 Å². The Labute approximate surface area is 143 Å². The van der Waals surface area contributed by atoms with E-state index in [0.717, 1.165) is 5.39 Å². The molecule has 2 aromatic carbocycles. The number of methoxy groups -OCH3 is 2. The van der Waals surface area contributed by atoms with Gasteiger partial charge in [0.25, 0.3) is 0 Å². The topological polar surface area (TPSA) is 68.7 Å². The summed E-state index contributed by atoms with van der Waals surface area (Å²) in [6.07, 6.45) is 1.50. The molecule has 1 heterocycles. The van der Waals surface area contributed by atoms with E-state index < -0.39 is 5.97 Å². The first kappa shape index (κ1) is 16.1. The smallest absolute Gasteiger partial charge is 0.355 e. The molecule has 122 valence electrons.